The second-order valence-electron chi connectivity index (χ2n) is 5.48. The van der Waals surface area contributed by atoms with Gasteiger partial charge in [0, 0.05) is 12.1 Å². The summed E-state index contributed by atoms with van der Waals surface area (Å²) in [6, 6.07) is 8.23. The first-order chi connectivity index (χ1) is 9.81. The lowest BCUT2D eigenvalue weighted by molar-refractivity contribution is 0.213. The van der Waals surface area contributed by atoms with E-state index in [1.807, 2.05) is 12.1 Å². The number of tetrazole rings is 1. The van der Waals surface area contributed by atoms with Gasteiger partial charge in [-0.25, -0.2) is 0 Å². The first kappa shape index (κ1) is 13.2. The van der Waals surface area contributed by atoms with Gasteiger partial charge in [-0.15, -0.1) is 10.2 Å². The second-order valence-corrected chi connectivity index (χ2v) is 5.48. The van der Waals surface area contributed by atoms with Crippen LogP contribution in [0.5, 0.6) is 0 Å². The van der Waals surface area contributed by atoms with Crippen molar-refractivity contribution < 1.29 is 0 Å². The van der Waals surface area contributed by atoms with E-state index in [1.54, 1.807) is 4.80 Å². The van der Waals surface area contributed by atoms with Crippen molar-refractivity contribution in [1.29, 1.82) is 0 Å². The first-order valence-corrected chi connectivity index (χ1v) is 7.38. The fourth-order valence-corrected chi connectivity index (χ4v) is 2.57. The zero-order valence-electron chi connectivity index (χ0n) is 12.0. The van der Waals surface area contributed by atoms with Crippen LogP contribution in [0.4, 0.5) is 0 Å². The van der Waals surface area contributed by atoms with Gasteiger partial charge in [-0.2, -0.15) is 4.80 Å². The van der Waals surface area contributed by atoms with E-state index in [0.29, 0.717) is 5.82 Å². The number of rotatable bonds is 4. The summed E-state index contributed by atoms with van der Waals surface area (Å²) in [7, 11) is 0. The van der Waals surface area contributed by atoms with Crippen LogP contribution in [0.25, 0.3) is 11.4 Å². The molecule has 0 radical (unpaired) electrons. The van der Waals surface area contributed by atoms with Crippen LogP contribution in [0.15, 0.2) is 24.3 Å². The zero-order chi connectivity index (χ0) is 13.8. The Labute approximate surface area is 119 Å². The van der Waals surface area contributed by atoms with Crippen molar-refractivity contribution in [2.75, 3.05) is 19.6 Å². The molecule has 0 aliphatic carbocycles. The molecular weight excluding hydrogens is 250 g/mol. The number of hydrogen-bond acceptors (Lipinski definition) is 4. The third-order valence-corrected chi connectivity index (χ3v) is 3.83. The van der Waals surface area contributed by atoms with Crippen LogP contribution in [-0.4, -0.2) is 44.7 Å². The molecule has 0 atom stereocenters. The zero-order valence-corrected chi connectivity index (χ0v) is 12.0. The fourth-order valence-electron chi connectivity index (χ4n) is 2.57. The number of aryl methyl sites for hydroxylation is 1. The van der Waals surface area contributed by atoms with Gasteiger partial charge in [0.2, 0.25) is 5.82 Å². The minimum absolute atomic E-state index is 0.712. The summed E-state index contributed by atoms with van der Waals surface area (Å²) < 4.78 is 0. The Kier molecular flexibility index (Phi) is 4.06. The lowest BCUT2D eigenvalue weighted by Crippen LogP contribution is -2.33. The smallest absolute Gasteiger partial charge is 0.204 e. The van der Waals surface area contributed by atoms with E-state index in [9.17, 15) is 0 Å². The maximum absolute atomic E-state index is 4.46. The maximum Gasteiger partial charge on any atom is 0.204 e. The Hall–Kier alpha value is -1.75. The molecule has 2 aromatic rings. The Morgan fingerprint density at radius 1 is 1.00 bits per heavy atom. The Morgan fingerprint density at radius 3 is 2.50 bits per heavy atom. The van der Waals surface area contributed by atoms with Crippen molar-refractivity contribution in [2.24, 2.45) is 0 Å². The largest absolute Gasteiger partial charge is 0.301 e. The quantitative estimate of drug-likeness (QED) is 0.854. The molecule has 5 heteroatoms. The van der Waals surface area contributed by atoms with E-state index < -0.39 is 0 Å². The third-order valence-electron chi connectivity index (χ3n) is 3.83. The van der Waals surface area contributed by atoms with Crippen molar-refractivity contribution in [1.82, 2.24) is 25.1 Å². The molecule has 1 aromatic heterocycles. The minimum Gasteiger partial charge on any atom is -0.301 e. The van der Waals surface area contributed by atoms with Crippen LogP contribution in [0.3, 0.4) is 0 Å². The summed E-state index contributed by atoms with van der Waals surface area (Å²) in [6.07, 6.45) is 4.01. The van der Waals surface area contributed by atoms with Gasteiger partial charge in [0.25, 0.3) is 0 Å². The highest BCUT2D eigenvalue weighted by molar-refractivity contribution is 5.53. The Bertz CT molecular complexity index is 540. The lowest BCUT2D eigenvalue weighted by atomic mass is 10.1. The summed E-state index contributed by atoms with van der Waals surface area (Å²) in [5.41, 5.74) is 2.27. The van der Waals surface area contributed by atoms with Gasteiger partial charge in [0.15, 0.2) is 0 Å². The number of hydrogen-bond donors (Lipinski definition) is 0. The third kappa shape index (κ3) is 3.22. The van der Waals surface area contributed by atoms with E-state index in [4.69, 9.17) is 0 Å². The summed E-state index contributed by atoms with van der Waals surface area (Å²) in [6.45, 7) is 6.33. The Balaban J connectivity index is 1.60. The van der Waals surface area contributed by atoms with Crippen LogP contribution in [0.2, 0.25) is 0 Å². The minimum atomic E-state index is 0.712. The molecule has 0 bridgehead atoms. The van der Waals surface area contributed by atoms with Gasteiger partial charge in [-0.1, -0.05) is 36.2 Å². The van der Waals surface area contributed by atoms with Crippen molar-refractivity contribution >= 4 is 0 Å². The number of benzene rings is 1. The summed E-state index contributed by atoms with van der Waals surface area (Å²) in [4.78, 5) is 4.20. The molecule has 20 heavy (non-hydrogen) atoms. The van der Waals surface area contributed by atoms with Gasteiger partial charge in [-0.05, 0) is 38.1 Å². The van der Waals surface area contributed by atoms with Gasteiger partial charge < -0.3 is 4.90 Å². The van der Waals surface area contributed by atoms with E-state index in [-0.39, 0.29) is 0 Å². The van der Waals surface area contributed by atoms with E-state index in [2.05, 4.69) is 39.4 Å². The van der Waals surface area contributed by atoms with Crippen LogP contribution in [0.1, 0.15) is 24.8 Å². The fraction of sp³-hybridized carbons (Fsp3) is 0.533. The van der Waals surface area contributed by atoms with Crippen molar-refractivity contribution in [3.8, 4) is 11.4 Å². The molecule has 5 nitrogen and oxygen atoms in total. The molecule has 1 aliphatic rings. The van der Waals surface area contributed by atoms with Crippen LogP contribution in [0, 0.1) is 6.92 Å². The van der Waals surface area contributed by atoms with Gasteiger partial charge in [-0.3, -0.25) is 0 Å². The van der Waals surface area contributed by atoms with Gasteiger partial charge in [0.1, 0.15) is 0 Å². The molecule has 0 N–H and O–H groups in total. The molecule has 0 unspecified atom stereocenters. The van der Waals surface area contributed by atoms with E-state index in [1.165, 1.54) is 37.9 Å². The topological polar surface area (TPSA) is 46.8 Å². The predicted molar refractivity (Wildman–Crippen MR) is 78.3 cm³/mol. The molecule has 1 saturated heterocycles. The molecule has 2 heterocycles. The molecule has 1 aromatic carbocycles. The molecule has 1 fully saturated rings. The standard InChI is InChI=1S/C15H21N5/c1-13-5-7-14(8-6-13)15-16-18-20(17-15)12-11-19-9-3-2-4-10-19/h5-8H,2-4,9-12H2,1H3. The number of piperidine rings is 1. The molecule has 0 saturated carbocycles. The summed E-state index contributed by atoms with van der Waals surface area (Å²) in [5.74, 6) is 0.712. The average molecular weight is 271 g/mol. The van der Waals surface area contributed by atoms with Gasteiger partial charge in [0.05, 0.1) is 6.54 Å². The molecule has 106 valence electrons. The van der Waals surface area contributed by atoms with Gasteiger partial charge >= 0.3 is 0 Å². The van der Waals surface area contributed by atoms with Crippen LogP contribution >= 0.6 is 0 Å². The summed E-state index contributed by atoms with van der Waals surface area (Å²) in [5, 5.41) is 12.8. The van der Waals surface area contributed by atoms with Crippen LogP contribution in [-0.2, 0) is 6.54 Å². The molecule has 0 amide bonds. The average Bonchev–Trinajstić information content (AvgIpc) is 2.96. The van der Waals surface area contributed by atoms with E-state index in [0.717, 1.165) is 18.7 Å². The number of aromatic nitrogens is 4. The molecule has 0 spiro atoms. The predicted octanol–water partition coefficient (Wildman–Crippen LogP) is 2.13. The van der Waals surface area contributed by atoms with E-state index >= 15 is 0 Å². The highest BCUT2D eigenvalue weighted by atomic mass is 15.6. The second kappa shape index (κ2) is 6.13. The summed E-state index contributed by atoms with van der Waals surface area (Å²) >= 11 is 0. The monoisotopic (exact) mass is 271 g/mol. The van der Waals surface area contributed by atoms with Crippen molar-refractivity contribution in [3.05, 3.63) is 29.8 Å². The first-order valence-electron chi connectivity index (χ1n) is 7.38. The molecular formula is C15H21N5. The maximum atomic E-state index is 4.46. The lowest BCUT2D eigenvalue weighted by Gasteiger charge is -2.25. The highest BCUT2D eigenvalue weighted by Crippen LogP contribution is 2.14. The van der Waals surface area contributed by atoms with Crippen LogP contribution < -0.4 is 0 Å². The van der Waals surface area contributed by atoms with Crippen molar-refractivity contribution in [2.45, 2.75) is 32.7 Å². The Morgan fingerprint density at radius 2 is 1.75 bits per heavy atom. The number of likely N-dealkylation sites (tertiary alicyclic amines) is 1. The SMILES string of the molecule is Cc1ccc(-c2nnn(CCN3CCCCC3)n2)cc1. The molecule has 1 aliphatic heterocycles. The molecule has 3 rings (SSSR count). The highest BCUT2D eigenvalue weighted by Gasteiger charge is 2.11. The normalized spacial score (nSPS) is 16.4. The number of nitrogens with zero attached hydrogens (tertiary/aromatic N) is 5. The van der Waals surface area contributed by atoms with Crippen molar-refractivity contribution in [3.63, 3.8) is 0 Å².